The summed E-state index contributed by atoms with van der Waals surface area (Å²) in [5.41, 5.74) is 8.77. The lowest BCUT2D eigenvalue weighted by molar-refractivity contribution is 0.312. The number of benzene rings is 1. The van der Waals surface area contributed by atoms with Gasteiger partial charge in [-0.1, -0.05) is 6.07 Å². The lowest BCUT2D eigenvalue weighted by Crippen LogP contribution is -2.44. The van der Waals surface area contributed by atoms with Crippen molar-refractivity contribution in [3.63, 3.8) is 0 Å². The summed E-state index contributed by atoms with van der Waals surface area (Å²) < 4.78 is 0. The molecule has 0 unspecified atom stereocenters. The van der Waals surface area contributed by atoms with Gasteiger partial charge in [0.2, 0.25) is 0 Å². The van der Waals surface area contributed by atoms with E-state index >= 15 is 0 Å². The Balaban J connectivity index is 1.81. The second kappa shape index (κ2) is 6.42. The van der Waals surface area contributed by atoms with Gasteiger partial charge < -0.3 is 20.9 Å². The molecule has 23 heavy (non-hydrogen) atoms. The van der Waals surface area contributed by atoms with Crippen molar-refractivity contribution >= 4 is 23.0 Å². The van der Waals surface area contributed by atoms with Gasteiger partial charge in [0.1, 0.15) is 17.5 Å². The Morgan fingerprint density at radius 3 is 2.48 bits per heavy atom. The van der Waals surface area contributed by atoms with Gasteiger partial charge in [0.15, 0.2) is 0 Å². The van der Waals surface area contributed by atoms with E-state index in [2.05, 4.69) is 32.1 Å². The number of piperazine rings is 1. The number of nitrogens with zero attached hydrogens (tertiary/aromatic N) is 4. The van der Waals surface area contributed by atoms with Crippen LogP contribution in [0.2, 0.25) is 0 Å². The van der Waals surface area contributed by atoms with E-state index in [4.69, 9.17) is 5.73 Å². The van der Waals surface area contributed by atoms with Crippen molar-refractivity contribution in [1.29, 1.82) is 0 Å². The minimum Gasteiger partial charge on any atom is -0.398 e. The Kier molecular flexibility index (Phi) is 4.34. The number of hydrogen-bond acceptors (Lipinski definition) is 6. The number of hydrogen-bond donors (Lipinski definition) is 2. The van der Waals surface area contributed by atoms with Crippen LogP contribution in [0.1, 0.15) is 11.4 Å². The zero-order chi connectivity index (χ0) is 16.4. The van der Waals surface area contributed by atoms with Gasteiger partial charge in [-0.15, -0.1) is 0 Å². The van der Waals surface area contributed by atoms with Crippen molar-refractivity contribution < 1.29 is 0 Å². The first kappa shape index (κ1) is 15.6. The van der Waals surface area contributed by atoms with Crippen LogP contribution in [0.25, 0.3) is 0 Å². The molecule has 122 valence electrons. The third-order valence-electron chi connectivity index (χ3n) is 4.20. The second-order valence-electron chi connectivity index (χ2n) is 6.15. The van der Waals surface area contributed by atoms with E-state index in [-0.39, 0.29) is 0 Å². The topological polar surface area (TPSA) is 70.3 Å². The van der Waals surface area contributed by atoms with Gasteiger partial charge in [0.05, 0.1) is 0 Å². The van der Waals surface area contributed by atoms with Crippen molar-refractivity contribution in [2.24, 2.45) is 0 Å². The van der Waals surface area contributed by atoms with Crippen LogP contribution in [0.4, 0.5) is 23.0 Å². The zero-order valence-electron chi connectivity index (χ0n) is 14.0. The third-order valence-corrected chi connectivity index (χ3v) is 4.20. The summed E-state index contributed by atoms with van der Waals surface area (Å²) in [5, 5.41) is 3.33. The van der Waals surface area contributed by atoms with Crippen LogP contribution in [0.15, 0.2) is 24.3 Å². The first-order valence-electron chi connectivity index (χ1n) is 7.93. The van der Waals surface area contributed by atoms with Gasteiger partial charge in [0.25, 0.3) is 0 Å². The van der Waals surface area contributed by atoms with Crippen molar-refractivity contribution in [3.05, 3.63) is 35.7 Å². The van der Waals surface area contributed by atoms with Crippen LogP contribution >= 0.6 is 0 Å². The van der Waals surface area contributed by atoms with Gasteiger partial charge in [-0.05, 0) is 38.6 Å². The van der Waals surface area contributed by atoms with Crippen LogP contribution in [-0.2, 0) is 0 Å². The Hall–Kier alpha value is -2.34. The minimum atomic E-state index is 0.768. The number of nitrogens with two attached hydrogens (primary N) is 1. The molecule has 6 heteroatoms. The Bertz CT molecular complexity index is 691. The molecule has 1 saturated heterocycles. The number of anilines is 4. The third kappa shape index (κ3) is 3.71. The van der Waals surface area contributed by atoms with Gasteiger partial charge in [0, 0.05) is 43.6 Å². The first-order chi connectivity index (χ1) is 11.0. The minimum absolute atomic E-state index is 0.768. The van der Waals surface area contributed by atoms with Gasteiger partial charge in [-0.25, -0.2) is 9.97 Å². The van der Waals surface area contributed by atoms with Crippen LogP contribution in [0, 0.1) is 13.8 Å². The summed E-state index contributed by atoms with van der Waals surface area (Å²) in [5.74, 6) is 2.55. The number of nitrogens with one attached hydrogen (secondary N) is 1. The molecule has 1 fully saturated rings. The molecular formula is C17H24N6. The van der Waals surface area contributed by atoms with Crippen LogP contribution in [0.3, 0.4) is 0 Å². The molecule has 0 bridgehead atoms. The fourth-order valence-electron chi connectivity index (χ4n) is 2.68. The van der Waals surface area contributed by atoms with Crippen molar-refractivity contribution in [1.82, 2.24) is 14.9 Å². The quantitative estimate of drug-likeness (QED) is 0.847. The summed E-state index contributed by atoms with van der Waals surface area (Å²) in [6.07, 6.45) is 0. The molecule has 3 rings (SSSR count). The average molecular weight is 312 g/mol. The molecule has 0 saturated carbocycles. The Morgan fingerprint density at radius 2 is 1.78 bits per heavy atom. The molecule has 0 atom stereocenters. The molecule has 1 aromatic carbocycles. The molecule has 0 aliphatic carbocycles. The number of rotatable bonds is 3. The highest BCUT2D eigenvalue weighted by atomic mass is 15.3. The van der Waals surface area contributed by atoms with Gasteiger partial charge >= 0.3 is 0 Å². The summed E-state index contributed by atoms with van der Waals surface area (Å²) in [7, 11) is 2.15. The smallest absolute Gasteiger partial charge is 0.136 e. The maximum atomic E-state index is 5.98. The molecular weight excluding hydrogens is 288 g/mol. The monoisotopic (exact) mass is 312 g/mol. The number of aromatic nitrogens is 2. The van der Waals surface area contributed by atoms with E-state index in [1.54, 1.807) is 0 Å². The highest BCUT2D eigenvalue weighted by molar-refractivity contribution is 5.65. The maximum absolute atomic E-state index is 5.98. The molecule has 2 heterocycles. The summed E-state index contributed by atoms with van der Waals surface area (Å²) in [6.45, 7) is 8.02. The number of aryl methyl sites for hydroxylation is 2. The Morgan fingerprint density at radius 1 is 1.04 bits per heavy atom. The zero-order valence-corrected chi connectivity index (χ0v) is 14.0. The highest BCUT2D eigenvalue weighted by Crippen LogP contribution is 2.23. The largest absolute Gasteiger partial charge is 0.398 e. The number of nitrogen functional groups attached to an aromatic ring is 1. The standard InChI is InChI=1S/C17H24N6/c1-12-4-5-14(10-15(12)18)21-16-11-17(20-13(2)19-16)23-8-6-22(3)7-9-23/h4-5,10-11H,6-9,18H2,1-3H3,(H,19,20,21). The molecule has 6 nitrogen and oxygen atoms in total. The van der Waals surface area contributed by atoms with Crippen LogP contribution in [0.5, 0.6) is 0 Å². The van der Waals surface area contributed by atoms with Gasteiger partial charge in [-0.3, -0.25) is 0 Å². The Labute approximate surface area is 137 Å². The van der Waals surface area contributed by atoms with Crippen molar-refractivity contribution in [3.8, 4) is 0 Å². The molecule has 0 spiro atoms. The van der Waals surface area contributed by atoms with Crippen molar-refractivity contribution in [2.45, 2.75) is 13.8 Å². The van der Waals surface area contributed by atoms with E-state index in [9.17, 15) is 0 Å². The van der Waals surface area contributed by atoms with E-state index in [1.807, 2.05) is 38.1 Å². The first-order valence-corrected chi connectivity index (χ1v) is 7.93. The fraction of sp³-hybridized carbons (Fsp3) is 0.412. The summed E-state index contributed by atoms with van der Waals surface area (Å²) in [4.78, 5) is 13.7. The van der Waals surface area contributed by atoms with E-state index in [0.717, 1.165) is 60.6 Å². The van der Waals surface area contributed by atoms with Crippen molar-refractivity contribution in [2.75, 3.05) is 49.2 Å². The molecule has 1 aromatic heterocycles. The predicted octanol–water partition coefficient (Wildman–Crippen LogP) is 2.17. The highest BCUT2D eigenvalue weighted by Gasteiger charge is 2.16. The molecule has 0 amide bonds. The summed E-state index contributed by atoms with van der Waals surface area (Å²) in [6, 6.07) is 7.96. The van der Waals surface area contributed by atoms with E-state index in [1.165, 1.54) is 0 Å². The molecule has 1 aliphatic rings. The second-order valence-corrected chi connectivity index (χ2v) is 6.15. The predicted molar refractivity (Wildman–Crippen MR) is 95.4 cm³/mol. The molecule has 0 radical (unpaired) electrons. The SMILES string of the molecule is Cc1nc(Nc2ccc(C)c(N)c2)cc(N2CCN(C)CC2)n1. The van der Waals surface area contributed by atoms with Crippen LogP contribution < -0.4 is 16.0 Å². The lowest BCUT2D eigenvalue weighted by Gasteiger charge is -2.33. The normalized spacial score (nSPS) is 15.7. The summed E-state index contributed by atoms with van der Waals surface area (Å²) >= 11 is 0. The number of likely N-dealkylation sites (N-methyl/N-ethyl adjacent to an activating group) is 1. The lowest BCUT2D eigenvalue weighted by atomic mass is 10.2. The van der Waals surface area contributed by atoms with E-state index < -0.39 is 0 Å². The fourth-order valence-corrected chi connectivity index (χ4v) is 2.68. The maximum Gasteiger partial charge on any atom is 0.136 e. The molecule has 2 aromatic rings. The average Bonchev–Trinajstić information content (AvgIpc) is 2.51. The van der Waals surface area contributed by atoms with Crippen LogP contribution in [-0.4, -0.2) is 48.1 Å². The molecule has 3 N–H and O–H groups in total. The molecule has 1 aliphatic heterocycles. The van der Waals surface area contributed by atoms with E-state index in [0.29, 0.717) is 0 Å². The van der Waals surface area contributed by atoms with Gasteiger partial charge in [-0.2, -0.15) is 0 Å².